The molecule has 0 amide bonds. The smallest absolute Gasteiger partial charge is 0.872 e. The summed E-state index contributed by atoms with van der Waals surface area (Å²) in [5, 5.41) is 16.2. The Bertz CT molecular complexity index is 3310. The number of hydrogen-bond donors (Lipinski definition) is 1. The second kappa shape index (κ2) is 15.3. The zero-order chi connectivity index (χ0) is 39.3. The number of hydrogen-bond acceptors (Lipinski definition) is 3. The van der Waals surface area contributed by atoms with Crippen LogP contribution in [0.1, 0.15) is 22.8 Å². The first-order chi connectivity index (χ1) is 29.2. The molecule has 11 rings (SSSR count). The maximum Gasteiger partial charge on any atom is 2.00 e. The summed E-state index contributed by atoms with van der Waals surface area (Å²) in [6, 6.07) is 59.3. The summed E-state index contributed by atoms with van der Waals surface area (Å²) in [5.74, 6) is -0.0559. The van der Waals surface area contributed by atoms with Crippen molar-refractivity contribution in [1.29, 1.82) is 0 Å². The van der Waals surface area contributed by atoms with Gasteiger partial charge in [0.25, 0.3) is 0 Å². The Balaban J connectivity index is 0.00000433. The zero-order valence-electron chi connectivity index (χ0n) is 32.1. The van der Waals surface area contributed by atoms with E-state index >= 15 is 0 Å². The molecule has 0 spiro atoms. The number of benzene rings is 6. The Morgan fingerprint density at radius 1 is 0.417 bits per heavy atom. The van der Waals surface area contributed by atoms with Gasteiger partial charge in [0.1, 0.15) is 0 Å². The molecule has 2 aliphatic heterocycles. The molecule has 1 radical (unpaired) electrons. The van der Waals surface area contributed by atoms with Gasteiger partial charge >= 0.3 is 17.1 Å². The van der Waals surface area contributed by atoms with Crippen molar-refractivity contribution in [2.45, 2.75) is 0 Å². The molecule has 0 atom stereocenters. The van der Waals surface area contributed by atoms with Crippen LogP contribution in [0.3, 0.4) is 0 Å². The van der Waals surface area contributed by atoms with E-state index in [1.165, 1.54) is 0 Å². The Labute approximate surface area is 357 Å². The van der Waals surface area contributed by atoms with Crippen molar-refractivity contribution in [3.05, 3.63) is 199 Å². The van der Waals surface area contributed by atoms with Crippen molar-refractivity contribution in [2.24, 2.45) is 0 Å². The van der Waals surface area contributed by atoms with Crippen molar-refractivity contribution in [3.63, 3.8) is 0 Å². The number of aromatic amines is 1. The molecule has 9 aromatic rings. The van der Waals surface area contributed by atoms with Crippen LogP contribution in [0, 0.1) is 0 Å². The second-order valence-corrected chi connectivity index (χ2v) is 14.7. The van der Waals surface area contributed by atoms with Gasteiger partial charge in [-0.2, -0.15) is 0 Å². The van der Waals surface area contributed by atoms with Crippen LogP contribution in [0.25, 0.3) is 113 Å². The summed E-state index contributed by atoms with van der Waals surface area (Å²) >= 11 is 0. The minimum atomic E-state index is -0.0559. The molecule has 3 aromatic heterocycles. The van der Waals surface area contributed by atoms with Crippen LogP contribution >= 0.6 is 0 Å². The molecular formula is C54H34CuN4O. The van der Waals surface area contributed by atoms with Gasteiger partial charge < -0.3 is 15.1 Å². The van der Waals surface area contributed by atoms with Gasteiger partial charge in [0, 0.05) is 22.2 Å². The van der Waals surface area contributed by atoms with Crippen molar-refractivity contribution >= 4 is 57.1 Å². The fourth-order valence-corrected chi connectivity index (χ4v) is 8.57. The van der Waals surface area contributed by atoms with Gasteiger partial charge in [-0.1, -0.05) is 170 Å². The zero-order valence-corrected chi connectivity index (χ0v) is 33.0. The topological polar surface area (TPSA) is 78.7 Å². The average Bonchev–Trinajstić information content (AvgIpc) is 4.13. The SMILES string of the molecule is [Cu+2].[O-]c1ccc2ccccc2c1-c1cc2[nH]c1c(-c1ccccc1)c1ccc([n-]1)c(-c1ccccc1)c1nc(c(-c3ccccc3)c3nc(c2-c2ccccc2)C=C3)C=C1. The van der Waals surface area contributed by atoms with Gasteiger partial charge in [-0.15, -0.1) is 16.8 Å². The molecule has 1 N–H and O–H groups in total. The molecule has 2 aliphatic rings. The largest absolute Gasteiger partial charge is 2.00 e. The van der Waals surface area contributed by atoms with Gasteiger partial charge in [-0.25, -0.2) is 9.97 Å². The van der Waals surface area contributed by atoms with E-state index in [9.17, 15) is 5.11 Å². The molecule has 60 heavy (non-hydrogen) atoms. The summed E-state index contributed by atoms with van der Waals surface area (Å²) in [6.45, 7) is 0. The van der Waals surface area contributed by atoms with E-state index in [4.69, 9.17) is 15.0 Å². The van der Waals surface area contributed by atoms with E-state index in [-0.39, 0.29) is 22.8 Å². The minimum absolute atomic E-state index is 0. The van der Waals surface area contributed by atoms with E-state index in [0.29, 0.717) is 5.56 Å². The van der Waals surface area contributed by atoms with Crippen molar-refractivity contribution < 1.29 is 22.2 Å². The number of nitrogens with zero attached hydrogens (tertiary/aromatic N) is 3. The summed E-state index contributed by atoms with van der Waals surface area (Å²) in [5.41, 5.74) is 15.5. The Morgan fingerprint density at radius 2 is 0.867 bits per heavy atom. The third-order valence-corrected chi connectivity index (χ3v) is 11.2. The standard InChI is InChI=1S/C54H35N4O.Cu/c59-48-32-25-34-15-13-14-24-39(34)53(48)40-33-47-51(37-20-9-3-10-21-37)45-29-28-43(56-45)49(35-16-5-1-6-17-35)41-26-27-42(55-41)50(36-18-7-2-8-19-36)44-30-31-46(57-44)52(54(40)58-47)38-22-11-4-12-23-38;/h1-33H,(H2-,55,56,57,58,59);/q-1;+2/p-1. The van der Waals surface area contributed by atoms with Crippen LogP contribution in [0.5, 0.6) is 5.75 Å². The van der Waals surface area contributed by atoms with Gasteiger partial charge in [0.15, 0.2) is 0 Å². The normalized spacial score (nSPS) is 11.8. The first-order valence-corrected chi connectivity index (χ1v) is 19.7. The van der Waals surface area contributed by atoms with E-state index in [1.54, 1.807) is 6.07 Å². The molecule has 0 saturated heterocycles. The van der Waals surface area contributed by atoms with Gasteiger partial charge in [-0.05, 0) is 80.1 Å². The van der Waals surface area contributed by atoms with E-state index < -0.39 is 0 Å². The third kappa shape index (κ3) is 6.36. The van der Waals surface area contributed by atoms with Gasteiger partial charge in [0.2, 0.25) is 0 Å². The fourth-order valence-electron chi connectivity index (χ4n) is 8.57. The van der Waals surface area contributed by atoms with Crippen molar-refractivity contribution in [2.75, 3.05) is 0 Å². The molecule has 0 saturated carbocycles. The quantitative estimate of drug-likeness (QED) is 0.175. The van der Waals surface area contributed by atoms with Crippen molar-refractivity contribution in [1.82, 2.24) is 19.9 Å². The molecule has 287 valence electrons. The predicted molar refractivity (Wildman–Crippen MR) is 242 cm³/mol. The van der Waals surface area contributed by atoms with E-state index in [1.807, 2.05) is 97.1 Å². The molecule has 0 aliphatic carbocycles. The van der Waals surface area contributed by atoms with Crippen LogP contribution in [-0.2, 0) is 17.1 Å². The number of fused-ring (bicyclic) bond motifs is 9. The predicted octanol–water partition coefficient (Wildman–Crippen LogP) is 12.8. The molecule has 6 aromatic carbocycles. The minimum Gasteiger partial charge on any atom is -0.872 e. The summed E-state index contributed by atoms with van der Waals surface area (Å²) in [6.07, 6.45) is 8.36. The molecule has 8 bridgehead atoms. The first kappa shape index (κ1) is 36.8. The third-order valence-electron chi connectivity index (χ3n) is 11.2. The maximum absolute atomic E-state index is 14.3. The molecular weight excluding hydrogens is 784 g/mol. The second-order valence-electron chi connectivity index (χ2n) is 14.7. The molecule has 0 unspecified atom stereocenters. The van der Waals surface area contributed by atoms with E-state index in [0.717, 1.165) is 106 Å². The van der Waals surface area contributed by atoms with Crippen LogP contribution in [0.2, 0.25) is 0 Å². The molecule has 0 fully saturated rings. The molecule has 5 heterocycles. The van der Waals surface area contributed by atoms with Crippen molar-refractivity contribution in [3.8, 4) is 61.4 Å². The monoisotopic (exact) mass is 817 g/mol. The Kier molecular flexibility index (Phi) is 9.42. The average molecular weight is 818 g/mol. The maximum atomic E-state index is 14.3. The number of H-pyrrole nitrogens is 1. The van der Waals surface area contributed by atoms with Gasteiger partial charge in [-0.3, -0.25) is 0 Å². The molecule has 6 heteroatoms. The first-order valence-electron chi connectivity index (χ1n) is 19.7. The summed E-state index contributed by atoms with van der Waals surface area (Å²) in [7, 11) is 0. The van der Waals surface area contributed by atoms with Crippen LogP contribution in [0.15, 0.2) is 176 Å². The fraction of sp³-hybridized carbons (Fsp3) is 0. The number of nitrogens with one attached hydrogen (secondary N) is 1. The summed E-state index contributed by atoms with van der Waals surface area (Å²) in [4.78, 5) is 20.2. The van der Waals surface area contributed by atoms with Crippen LogP contribution < -0.4 is 10.1 Å². The number of rotatable bonds is 5. The van der Waals surface area contributed by atoms with Crippen LogP contribution in [0.4, 0.5) is 0 Å². The number of aromatic nitrogens is 4. The molecule has 5 nitrogen and oxygen atoms in total. The Morgan fingerprint density at radius 3 is 1.45 bits per heavy atom. The van der Waals surface area contributed by atoms with Crippen LogP contribution in [-0.4, -0.2) is 15.0 Å². The Hall–Kier alpha value is -7.50. The van der Waals surface area contributed by atoms with Gasteiger partial charge in [0.05, 0.1) is 28.3 Å². The summed E-state index contributed by atoms with van der Waals surface area (Å²) < 4.78 is 0. The van der Waals surface area contributed by atoms with E-state index in [2.05, 4.69) is 102 Å².